The summed E-state index contributed by atoms with van der Waals surface area (Å²) in [6.45, 7) is 2.12. The van der Waals surface area contributed by atoms with Crippen LogP contribution in [0.2, 0.25) is 0 Å². The lowest BCUT2D eigenvalue weighted by molar-refractivity contribution is 0.415. The monoisotopic (exact) mass is 343 g/mol. The highest BCUT2D eigenvalue weighted by Gasteiger charge is 2.21. The van der Waals surface area contributed by atoms with E-state index < -0.39 is 0 Å². The van der Waals surface area contributed by atoms with Crippen LogP contribution in [0.15, 0.2) is 73.1 Å². The zero-order valence-electron chi connectivity index (χ0n) is 14.9. The molecule has 4 nitrogen and oxygen atoms in total. The summed E-state index contributed by atoms with van der Waals surface area (Å²) in [5.41, 5.74) is 5.69. The third-order valence-electron chi connectivity index (χ3n) is 4.65. The summed E-state index contributed by atoms with van der Waals surface area (Å²) < 4.78 is 5.27. The van der Waals surface area contributed by atoms with E-state index in [0.717, 1.165) is 28.2 Å². The van der Waals surface area contributed by atoms with Gasteiger partial charge in [0, 0.05) is 40.2 Å². The van der Waals surface area contributed by atoms with Crippen LogP contribution in [0.1, 0.15) is 22.9 Å². The molecule has 0 amide bonds. The fourth-order valence-corrected chi connectivity index (χ4v) is 3.39. The predicted molar refractivity (Wildman–Crippen MR) is 106 cm³/mol. The molecule has 26 heavy (non-hydrogen) atoms. The van der Waals surface area contributed by atoms with Crippen molar-refractivity contribution in [1.29, 1.82) is 0 Å². The van der Waals surface area contributed by atoms with Crippen LogP contribution in [0.3, 0.4) is 0 Å². The number of fused-ring (bicyclic) bond motifs is 1. The van der Waals surface area contributed by atoms with Crippen LogP contribution in [-0.4, -0.2) is 17.1 Å². The molecule has 0 bridgehead atoms. The van der Waals surface area contributed by atoms with E-state index in [0.29, 0.717) is 0 Å². The highest BCUT2D eigenvalue weighted by atomic mass is 16.5. The van der Waals surface area contributed by atoms with Crippen molar-refractivity contribution in [3.05, 3.63) is 89.9 Å². The molecule has 0 unspecified atom stereocenters. The van der Waals surface area contributed by atoms with Crippen molar-refractivity contribution >= 4 is 16.6 Å². The van der Waals surface area contributed by atoms with E-state index in [1.54, 1.807) is 13.3 Å². The minimum Gasteiger partial charge on any atom is -0.497 e. The molecule has 4 rings (SSSR count). The standard InChI is InChI=1S/C22H21N3O/c1-15-21(19-7-3-4-8-20(19)24-15)22(16-6-5-13-23-14-16)25-17-9-11-18(26-2)12-10-17/h3-14,22,24-25H,1-2H3/t22-/m1/s1. The number of para-hydroxylation sites is 1. The zero-order chi connectivity index (χ0) is 17.9. The number of anilines is 1. The molecule has 0 aliphatic heterocycles. The van der Waals surface area contributed by atoms with Gasteiger partial charge in [-0.2, -0.15) is 0 Å². The van der Waals surface area contributed by atoms with Crippen LogP contribution < -0.4 is 10.1 Å². The van der Waals surface area contributed by atoms with Crippen LogP contribution in [0.25, 0.3) is 10.9 Å². The number of methoxy groups -OCH3 is 1. The molecule has 0 radical (unpaired) electrons. The number of rotatable bonds is 5. The summed E-state index contributed by atoms with van der Waals surface area (Å²) in [6.07, 6.45) is 3.72. The number of hydrogen-bond acceptors (Lipinski definition) is 3. The Balaban J connectivity index is 1.81. The van der Waals surface area contributed by atoms with Gasteiger partial charge in [0.25, 0.3) is 0 Å². The largest absolute Gasteiger partial charge is 0.497 e. The van der Waals surface area contributed by atoms with Gasteiger partial charge in [-0.25, -0.2) is 0 Å². The Morgan fingerprint density at radius 1 is 1.00 bits per heavy atom. The Kier molecular flexibility index (Phi) is 4.32. The Morgan fingerprint density at radius 2 is 1.81 bits per heavy atom. The number of ether oxygens (including phenoxy) is 1. The number of aromatic amines is 1. The van der Waals surface area contributed by atoms with Gasteiger partial charge in [0.15, 0.2) is 0 Å². The second-order valence-electron chi connectivity index (χ2n) is 6.30. The Bertz CT molecular complexity index is 1010. The topological polar surface area (TPSA) is 49.9 Å². The minimum atomic E-state index is -0.00625. The first-order valence-electron chi connectivity index (χ1n) is 8.64. The highest BCUT2D eigenvalue weighted by Crippen LogP contribution is 2.34. The summed E-state index contributed by atoms with van der Waals surface area (Å²) >= 11 is 0. The van der Waals surface area contributed by atoms with Gasteiger partial charge in [0.2, 0.25) is 0 Å². The number of pyridine rings is 1. The summed E-state index contributed by atoms with van der Waals surface area (Å²) in [6, 6.07) is 20.5. The van der Waals surface area contributed by atoms with Gasteiger partial charge in [0.05, 0.1) is 13.2 Å². The van der Waals surface area contributed by atoms with Gasteiger partial charge in [-0.1, -0.05) is 24.3 Å². The molecule has 2 heterocycles. The highest BCUT2D eigenvalue weighted by molar-refractivity contribution is 5.86. The molecule has 130 valence electrons. The first-order chi connectivity index (χ1) is 12.8. The van der Waals surface area contributed by atoms with Crippen molar-refractivity contribution in [3.63, 3.8) is 0 Å². The maximum atomic E-state index is 5.27. The van der Waals surface area contributed by atoms with Crippen molar-refractivity contribution in [3.8, 4) is 5.75 Å². The van der Waals surface area contributed by atoms with E-state index in [1.165, 1.54) is 10.9 Å². The molecule has 1 atom stereocenters. The van der Waals surface area contributed by atoms with E-state index in [4.69, 9.17) is 4.74 Å². The normalized spacial score (nSPS) is 12.1. The number of nitrogens with zero attached hydrogens (tertiary/aromatic N) is 1. The van der Waals surface area contributed by atoms with E-state index in [9.17, 15) is 0 Å². The zero-order valence-corrected chi connectivity index (χ0v) is 14.9. The maximum Gasteiger partial charge on any atom is 0.119 e. The first kappa shape index (κ1) is 16.2. The van der Waals surface area contributed by atoms with Crippen molar-refractivity contribution in [1.82, 2.24) is 9.97 Å². The van der Waals surface area contributed by atoms with Gasteiger partial charge in [0.1, 0.15) is 5.75 Å². The fraction of sp³-hybridized carbons (Fsp3) is 0.136. The predicted octanol–water partition coefficient (Wildman–Crippen LogP) is 5.08. The number of H-pyrrole nitrogens is 1. The molecule has 0 spiro atoms. The van der Waals surface area contributed by atoms with Crippen molar-refractivity contribution in [2.24, 2.45) is 0 Å². The third-order valence-corrected chi connectivity index (χ3v) is 4.65. The van der Waals surface area contributed by atoms with Crippen LogP contribution >= 0.6 is 0 Å². The van der Waals surface area contributed by atoms with Crippen molar-refractivity contribution in [2.75, 3.05) is 12.4 Å². The average Bonchev–Trinajstić information content (AvgIpc) is 3.03. The smallest absolute Gasteiger partial charge is 0.119 e. The van der Waals surface area contributed by atoms with Gasteiger partial charge < -0.3 is 15.0 Å². The van der Waals surface area contributed by atoms with Gasteiger partial charge in [-0.15, -0.1) is 0 Å². The lowest BCUT2D eigenvalue weighted by Gasteiger charge is -2.21. The number of aromatic nitrogens is 2. The molecule has 2 aromatic heterocycles. The van der Waals surface area contributed by atoms with Crippen LogP contribution in [0.5, 0.6) is 5.75 Å². The number of benzene rings is 2. The molecule has 0 saturated carbocycles. The molecule has 4 heteroatoms. The van der Waals surface area contributed by atoms with E-state index in [2.05, 4.69) is 52.5 Å². The molecule has 0 aliphatic rings. The Morgan fingerprint density at radius 3 is 2.54 bits per heavy atom. The quantitative estimate of drug-likeness (QED) is 0.531. The second-order valence-corrected chi connectivity index (χ2v) is 6.30. The van der Waals surface area contributed by atoms with Gasteiger partial charge >= 0.3 is 0 Å². The molecule has 2 aromatic carbocycles. The molecule has 0 aliphatic carbocycles. The van der Waals surface area contributed by atoms with Crippen molar-refractivity contribution < 1.29 is 4.74 Å². The third kappa shape index (κ3) is 3.02. The van der Waals surface area contributed by atoms with Gasteiger partial charge in [-0.05, 0) is 48.9 Å². The molecule has 2 N–H and O–H groups in total. The molecule has 4 aromatic rings. The minimum absolute atomic E-state index is 0.00625. The first-order valence-corrected chi connectivity index (χ1v) is 8.64. The van der Waals surface area contributed by atoms with Crippen LogP contribution in [-0.2, 0) is 0 Å². The SMILES string of the molecule is COc1ccc(N[C@H](c2cccnc2)c2c(C)[nH]c3ccccc23)cc1. The lowest BCUT2D eigenvalue weighted by Crippen LogP contribution is -2.13. The summed E-state index contributed by atoms with van der Waals surface area (Å²) in [5, 5.41) is 4.89. The van der Waals surface area contributed by atoms with Gasteiger partial charge in [-0.3, -0.25) is 4.98 Å². The summed E-state index contributed by atoms with van der Waals surface area (Å²) in [4.78, 5) is 7.82. The molecule has 0 fully saturated rings. The Labute approximate surface area is 152 Å². The fourth-order valence-electron chi connectivity index (χ4n) is 3.39. The second kappa shape index (κ2) is 6.92. The Hall–Kier alpha value is -3.27. The number of aryl methyl sites for hydroxylation is 1. The number of hydrogen-bond donors (Lipinski definition) is 2. The van der Waals surface area contributed by atoms with E-state index in [1.807, 2.05) is 36.5 Å². The maximum absolute atomic E-state index is 5.27. The lowest BCUT2D eigenvalue weighted by atomic mass is 9.97. The molecular formula is C22H21N3O. The van der Waals surface area contributed by atoms with Crippen LogP contribution in [0, 0.1) is 6.92 Å². The molecular weight excluding hydrogens is 322 g/mol. The molecule has 0 saturated heterocycles. The average molecular weight is 343 g/mol. The van der Waals surface area contributed by atoms with Crippen LogP contribution in [0.4, 0.5) is 5.69 Å². The summed E-state index contributed by atoms with van der Waals surface area (Å²) in [7, 11) is 1.68. The van der Waals surface area contributed by atoms with Crippen molar-refractivity contribution in [2.45, 2.75) is 13.0 Å². The van der Waals surface area contributed by atoms with E-state index >= 15 is 0 Å². The number of nitrogens with one attached hydrogen (secondary N) is 2. The van der Waals surface area contributed by atoms with E-state index in [-0.39, 0.29) is 6.04 Å². The summed E-state index contributed by atoms with van der Waals surface area (Å²) in [5.74, 6) is 0.844.